The van der Waals surface area contributed by atoms with Crippen molar-refractivity contribution >= 4 is 45.6 Å². The first-order chi connectivity index (χ1) is 18.0. The van der Waals surface area contributed by atoms with Gasteiger partial charge < -0.3 is 15.5 Å². The topological polar surface area (TPSA) is 70.2 Å². The van der Waals surface area contributed by atoms with Crippen molar-refractivity contribution in [3.8, 4) is 0 Å². The summed E-state index contributed by atoms with van der Waals surface area (Å²) in [7, 11) is 0. The number of hydrogen-bond acceptors (Lipinski definition) is 7. The van der Waals surface area contributed by atoms with E-state index in [9.17, 15) is 4.79 Å². The minimum atomic E-state index is 0.118. The van der Waals surface area contributed by atoms with Gasteiger partial charge in [-0.2, -0.15) is 0 Å². The highest BCUT2D eigenvalue weighted by Crippen LogP contribution is 2.36. The largest absolute Gasteiger partial charge is 0.383 e. The van der Waals surface area contributed by atoms with Gasteiger partial charge in [-0.05, 0) is 74.6 Å². The highest BCUT2D eigenvalue weighted by Gasteiger charge is 2.30. The lowest BCUT2D eigenvalue weighted by Crippen LogP contribution is -2.40. The zero-order chi connectivity index (χ0) is 25.8. The fourth-order valence-electron chi connectivity index (χ4n) is 4.70. The molecule has 2 aromatic heterocycles. The van der Waals surface area contributed by atoms with Crippen molar-refractivity contribution in [3.05, 3.63) is 89.2 Å². The summed E-state index contributed by atoms with van der Waals surface area (Å²) in [6.07, 6.45) is 5.66. The Bertz CT molecular complexity index is 1370. The predicted molar refractivity (Wildman–Crippen MR) is 153 cm³/mol. The van der Waals surface area contributed by atoms with Gasteiger partial charge in [-0.25, -0.2) is 9.97 Å². The van der Waals surface area contributed by atoms with E-state index in [-0.39, 0.29) is 11.9 Å². The van der Waals surface area contributed by atoms with Crippen LogP contribution < -0.4 is 10.6 Å². The molecule has 0 spiro atoms. The number of carbonyl (C=O) groups excluding carboxylic acids is 1. The van der Waals surface area contributed by atoms with Crippen molar-refractivity contribution in [1.29, 1.82) is 0 Å². The van der Waals surface area contributed by atoms with Crippen LogP contribution in [0, 0.1) is 20.8 Å². The second kappa shape index (κ2) is 11.4. The third kappa shape index (κ3) is 5.97. The zero-order valence-electron chi connectivity index (χ0n) is 21.3. The molecule has 1 amide bonds. The first kappa shape index (κ1) is 25.3. The monoisotopic (exact) mass is 529 g/mol. The van der Waals surface area contributed by atoms with Crippen molar-refractivity contribution in [2.24, 2.45) is 0 Å². The Labute approximate surface area is 226 Å². The Morgan fingerprint density at radius 1 is 1.05 bits per heavy atom. The van der Waals surface area contributed by atoms with Crippen LogP contribution in [-0.4, -0.2) is 39.9 Å². The van der Waals surface area contributed by atoms with Crippen LogP contribution in [0.2, 0.25) is 0 Å². The standard InChI is InChI=1S/C29H31N5OS2/c1-19-12-13-23(36-26-18-32-29(37-26)33-25-11-4-5-14-30-25)16-24(19)28(35)34-15-7-10-22(34)17-31-27-20(2)8-6-9-21(27)3/h4-6,8-9,11-14,16,18,22,31H,7,10,15,17H2,1-3H3,(H,30,32,33). The van der Waals surface area contributed by atoms with Gasteiger partial charge in [0, 0.05) is 41.5 Å². The summed E-state index contributed by atoms with van der Waals surface area (Å²) in [5.74, 6) is 0.886. The summed E-state index contributed by atoms with van der Waals surface area (Å²) in [5, 5.41) is 7.65. The van der Waals surface area contributed by atoms with E-state index in [0.717, 1.165) is 57.1 Å². The fourth-order valence-corrected chi connectivity index (χ4v) is 6.60. The minimum Gasteiger partial charge on any atom is -0.383 e. The third-order valence-corrected chi connectivity index (χ3v) is 8.68. The summed E-state index contributed by atoms with van der Waals surface area (Å²) in [6, 6.07) is 18.4. The number of amides is 1. The molecule has 0 saturated carbocycles. The summed E-state index contributed by atoms with van der Waals surface area (Å²) < 4.78 is 1.05. The Morgan fingerprint density at radius 2 is 1.89 bits per heavy atom. The number of para-hydroxylation sites is 1. The van der Waals surface area contributed by atoms with Crippen LogP contribution in [0.1, 0.15) is 39.9 Å². The molecule has 0 bridgehead atoms. The van der Waals surface area contributed by atoms with Crippen molar-refractivity contribution in [1.82, 2.24) is 14.9 Å². The number of thiazole rings is 1. The quantitative estimate of drug-likeness (QED) is 0.254. The number of likely N-dealkylation sites (tertiary alicyclic amines) is 1. The average Bonchev–Trinajstić information content (AvgIpc) is 3.54. The highest BCUT2D eigenvalue weighted by atomic mass is 32.2. The number of hydrogen-bond donors (Lipinski definition) is 2. The van der Waals surface area contributed by atoms with E-state index in [4.69, 9.17) is 0 Å². The van der Waals surface area contributed by atoms with E-state index >= 15 is 0 Å². The molecule has 1 aliphatic heterocycles. The van der Waals surface area contributed by atoms with Crippen LogP contribution in [-0.2, 0) is 0 Å². The molecular weight excluding hydrogens is 498 g/mol. The Kier molecular flexibility index (Phi) is 7.76. The minimum absolute atomic E-state index is 0.118. The van der Waals surface area contributed by atoms with Gasteiger partial charge in [-0.1, -0.05) is 53.4 Å². The maximum Gasteiger partial charge on any atom is 0.254 e. The van der Waals surface area contributed by atoms with E-state index in [1.165, 1.54) is 16.8 Å². The van der Waals surface area contributed by atoms with Gasteiger partial charge in [-0.3, -0.25) is 4.79 Å². The molecule has 0 radical (unpaired) electrons. The number of rotatable bonds is 8. The van der Waals surface area contributed by atoms with Gasteiger partial charge >= 0.3 is 0 Å². The predicted octanol–water partition coefficient (Wildman–Crippen LogP) is 7.07. The maximum absolute atomic E-state index is 13.7. The lowest BCUT2D eigenvalue weighted by molar-refractivity contribution is 0.0742. The van der Waals surface area contributed by atoms with Crippen LogP contribution in [0.25, 0.3) is 0 Å². The van der Waals surface area contributed by atoms with Gasteiger partial charge in [-0.15, -0.1) is 0 Å². The maximum atomic E-state index is 13.7. The lowest BCUT2D eigenvalue weighted by Gasteiger charge is -2.27. The second-order valence-corrected chi connectivity index (χ2v) is 11.7. The molecule has 5 rings (SSSR count). The average molecular weight is 530 g/mol. The lowest BCUT2D eigenvalue weighted by atomic mass is 10.1. The van der Waals surface area contributed by atoms with Crippen LogP contribution in [0.4, 0.5) is 16.6 Å². The van der Waals surface area contributed by atoms with Crippen molar-refractivity contribution in [2.45, 2.75) is 48.8 Å². The number of nitrogens with one attached hydrogen (secondary N) is 2. The third-order valence-electron chi connectivity index (χ3n) is 6.68. The molecule has 1 atom stereocenters. The van der Waals surface area contributed by atoms with Gasteiger partial charge in [0.15, 0.2) is 5.13 Å². The van der Waals surface area contributed by atoms with Gasteiger partial charge in [0.2, 0.25) is 0 Å². The number of aromatic nitrogens is 2. The zero-order valence-corrected chi connectivity index (χ0v) is 23.0. The highest BCUT2D eigenvalue weighted by molar-refractivity contribution is 8.01. The summed E-state index contributed by atoms with van der Waals surface area (Å²) in [6.45, 7) is 7.83. The summed E-state index contributed by atoms with van der Waals surface area (Å²) in [4.78, 5) is 25.6. The number of pyridine rings is 1. The molecule has 8 heteroatoms. The molecule has 2 N–H and O–H groups in total. The van der Waals surface area contributed by atoms with Gasteiger partial charge in [0.25, 0.3) is 5.91 Å². The number of aryl methyl sites for hydroxylation is 3. The number of carbonyl (C=O) groups is 1. The van der Waals surface area contributed by atoms with Gasteiger partial charge in [0.1, 0.15) is 5.82 Å². The van der Waals surface area contributed by atoms with E-state index < -0.39 is 0 Å². The van der Waals surface area contributed by atoms with E-state index in [0.29, 0.717) is 0 Å². The number of nitrogens with zero attached hydrogens (tertiary/aromatic N) is 3. The molecule has 1 aliphatic rings. The molecule has 190 valence electrons. The first-order valence-corrected chi connectivity index (χ1v) is 14.1. The molecule has 1 unspecified atom stereocenters. The number of benzene rings is 2. The Balaban J connectivity index is 1.27. The normalized spacial score (nSPS) is 15.1. The molecule has 2 aromatic carbocycles. The second-order valence-electron chi connectivity index (χ2n) is 9.35. The van der Waals surface area contributed by atoms with Gasteiger partial charge in [0.05, 0.1) is 10.4 Å². The van der Waals surface area contributed by atoms with Crippen molar-refractivity contribution < 1.29 is 4.79 Å². The van der Waals surface area contributed by atoms with Crippen molar-refractivity contribution in [3.63, 3.8) is 0 Å². The summed E-state index contributed by atoms with van der Waals surface area (Å²) >= 11 is 3.20. The molecule has 1 fully saturated rings. The molecular formula is C29H31N5OS2. The Morgan fingerprint density at radius 3 is 2.68 bits per heavy atom. The van der Waals surface area contributed by atoms with E-state index in [1.807, 2.05) is 43.5 Å². The van der Waals surface area contributed by atoms with E-state index in [1.54, 1.807) is 29.3 Å². The van der Waals surface area contributed by atoms with Crippen LogP contribution in [0.3, 0.4) is 0 Å². The molecule has 4 aromatic rings. The smallest absolute Gasteiger partial charge is 0.254 e. The number of anilines is 3. The van der Waals surface area contributed by atoms with Crippen LogP contribution in [0.15, 0.2) is 76.1 Å². The fraction of sp³-hybridized carbons (Fsp3) is 0.276. The molecule has 3 heterocycles. The molecule has 6 nitrogen and oxygen atoms in total. The molecule has 0 aliphatic carbocycles. The van der Waals surface area contributed by atoms with E-state index in [2.05, 4.69) is 63.6 Å². The SMILES string of the molecule is Cc1ccc(Sc2cnc(Nc3ccccn3)s2)cc1C(=O)N1CCCC1CNc1c(C)cccc1C. The molecule has 37 heavy (non-hydrogen) atoms. The Hall–Kier alpha value is -3.36. The van der Waals surface area contributed by atoms with Crippen LogP contribution >= 0.6 is 23.1 Å². The first-order valence-electron chi connectivity index (χ1n) is 12.5. The van der Waals surface area contributed by atoms with Crippen molar-refractivity contribution in [2.75, 3.05) is 23.7 Å². The molecule has 1 saturated heterocycles. The summed E-state index contributed by atoms with van der Waals surface area (Å²) in [5.41, 5.74) is 5.43. The van der Waals surface area contributed by atoms with Crippen LogP contribution in [0.5, 0.6) is 0 Å².